The van der Waals surface area contributed by atoms with E-state index in [1.54, 1.807) is 0 Å². The van der Waals surface area contributed by atoms with Crippen LogP contribution in [0, 0.1) is 59.2 Å². The Hall–Kier alpha value is -6.71. The Morgan fingerprint density at radius 1 is 0.729 bits per heavy atom. The van der Waals surface area contributed by atoms with Gasteiger partial charge >= 0.3 is 0 Å². The number of benzene rings is 4. The smallest absolute Gasteiger partial charge is 0.224 e. The molecule has 10 unspecified atom stereocenters. The number of hydrogen-bond donors (Lipinski definition) is 8. The first-order valence-corrected chi connectivity index (χ1v) is 31.2. The van der Waals surface area contributed by atoms with E-state index < -0.39 is 5.92 Å². The van der Waals surface area contributed by atoms with Gasteiger partial charge in [-0.1, -0.05) is 25.4 Å². The Bertz CT molecular complexity index is 3030. The maximum absolute atomic E-state index is 13.7. The molecule has 2 amide bonds. The second-order valence-corrected chi connectivity index (χ2v) is 24.8. The van der Waals surface area contributed by atoms with Gasteiger partial charge in [0.1, 0.15) is 36.2 Å². The van der Waals surface area contributed by atoms with E-state index in [0.29, 0.717) is 116 Å². The third-order valence-electron chi connectivity index (χ3n) is 17.3. The average Bonchev–Trinajstić information content (AvgIpc) is 3.77. The number of carbonyl (C=O) groups is 2. The lowest BCUT2D eigenvalue weighted by Gasteiger charge is -2.40. The van der Waals surface area contributed by atoms with Crippen molar-refractivity contribution in [3.8, 4) is 35.1 Å². The van der Waals surface area contributed by atoms with Crippen LogP contribution < -0.4 is 61.5 Å². The van der Waals surface area contributed by atoms with E-state index in [1.165, 1.54) is 12.8 Å². The zero-order valence-electron chi connectivity index (χ0n) is 51.0. The highest BCUT2D eigenvalue weighted by molar-refractivity contribution is 6.32. The molecule has 20 heteroatoms. The van der Waals surface area contributed by atoms with E-state index in [2.05, 4.69) is 103 Å². The van der Waals surface area contributed by atoms with Gasteiger partial charge in [0, 0.05) is 97.6 Å². The van der Waals surface area contributed by atoms with Crippen LogP contribution in [0.15, 0.2) is 60.7 Å². The predicted molar refractivity (Wildman–Crippen MR) is 338 cm³/mol. The summed E-state index contributed by atoms with van der Waals surface area (Å²) in [4.78, 5) is 33.7. The SMILES string of the molecule is CCOc1cc2c(cc1NC(=O)CCCN(C)C)C(Nc1ccc(OCC3CN4CC(CN(C)CCCC(=O)Nc5cc6c(cc5OCC)NCC(C#N)C6Nc5ccc(OCC6NCCCC6C)c(C)c5)CC(C)C4N3)c(Cl)c1)C(C#N)CN2. The Morgan fingerprint density at radius 3 is 1.88 bits per heavy atom. The zero-order chi connectivity index (χ0) is 60.1. The largest absolute Gasteiger partial charge is 0.492 e. The molecule has 8 N–H and O–H groups in total. The normalized spacial score (nSPS) is 24.3. The number of rotatable bonds is 26. The summed E-state index contributed by atoms with van der Waals surface area (Å²) >= 11 is 6.92. The number of nitrogens with zero attached hydrogens (tertiary/aromatic N) is 5. The van der Waals surface area contributed by atoms with Gasteiger partial charge in [0.25, 0.3) is 0 Å². The molecule has 5 aliphatic heterocycles. The fourth-order valence-corrected chi connectivity index (χ4v) is 13.2. The number of carbonyl (C=O) groups excluding carboxylic acids is 2. The van der Waals surface area contributed by atoms with Crippen LogP contribution in [0.4, 0.5) is 34.1 Å². The summed E-state index contributed by atoms with van der Waals surface area (Å²) < 4.78 is 24.7. The van der Waals surface area contributed by atoms with E-state index in [0.717, 1.165) is 97.3 Å². The number of aryl methyl sites for hydroxylation is 1. The summed E-state index contributed by atoms with van der Waals surface area (Å²) in [5.74, 6) is 3.15. The van der Waals surface area contributed by atoms with E-state index in [9.17, 15) is 20.1 Å². The molecule has 0 aliphatic carbocycles. The summed E-state index contributed by atoms with van der Waals surface area (Å²) in [6.45, 7) is 18.7. The van der Waals surface area contributed by atoms with E-state index in [1.807, 2.05) is 82.5 Å². The van der Waals surface area contributed by atoms with Crippen molar-refractivity contribution in [1.29, 1.82) is 10.5 Å². The summed E-state index contributed by atoms with van der Waals surface area (Å²) in [6, 6.07) is 24.2. The number of ether oxygens (including phenoxy) is 4. The fourth-order valence-electron chi connectivity index (χ4n) is 13.0. The maximum Gasteiger partial charge on any atom is 0.224 e. The van der Waals surface area contributed by atoms with Gasteiger partial charge in [-0.2, -0.15) is 10.5 Å². The van der Waals surface area contributed by atoms with Crippen molar-refractivity contribution in [3.05, 3.63) is 82.4 Å². The van der Waals surface area contributed by atoms with Gasteiger partial charge < -0.3 is 66.0 Å². The molecular formula is C65H90ClN13O6. The Balaban J connectivity index is 0.741. The molecule has 0 bridgehead atoms. The summed E-state index contributed by atoms with van der Waals surface area (Å²) in [6.07, 6.45) is 5.92. The minimum absolute atomic E-state index is 0.0821. The minimum Gasteiger partial charge on any atom is -0.492 e. The van der Waals surface area contributed by atoms with Crippen molar-refractivity contribution in [1.82, 2.24) is 25.3 Å². The highest BCUT2D eigenvalue weighted by Crippen LogP contribution is 2.44. The average molecular weight is 1180 g/mol. The molecule has 0 radical (unpaired) electrons. The number of nitriles is 2. The standard InChI is InChI=1S/C65H90ClN13O6/c1-9-82-59-30-53-50(28-54(59)75-61(80)15-12-22-77(6)7)64(45(32-68)34-71-53)73-47-18-20-58(51(66)26-47)84-38-48-37-79-36-43(24-42(5)65(79)74-48)35-78(8)23-13-16-62(81)76-55-27-49-52(29-60(55)83-10-2)70-33-44(31-67)63(49)72-46-17-19-57(41(4)25-46)85-39-56-40(3)14-11-21-69-56/h17-20,25-30,40,42-45,48,56,63-65,69-74H,9-16,21-24,33-39H2,1-8H3,(H,75,80)(H,76,81). The van der Waals surface area contributed by atoms with Crippen molar-refractivity contribution < 1.29 is 28.5 Å². The van der Waals surface area contributed by atoms with E-state index in [4.69, 9.17) is 30.5 Å². The van der Waals surface area contributed by atoms with Gasteiger partial charge in [0.15, 0.2) is 0 Å². The quantitative estimate of drug-likeness (QED) is 0.0293. The molecule has 5 aliphatic rings. The topological polar surface area (TPSA) is 225 Å². The molecule has 458 valence electrons. The van der Waals surface area contributed by atoms with Crippen LogP contribution in [0.25, 0.3) is 0 Å². The number of piperidine rings is 2. The summed E-state index contributed by atoms with van der Waals surface area (Å²) in [5.41, 5.74) is 7.29. The Labute approximate surface area is 508 Å². The highest BCUT2D eigenvalue weighted by atomic mass is 35.5. The third kappa shape index (κ3) is 16.2. The van der Waals surface area contributed by atoms with Crippen LogP contribution in [-0.4, -0.2) is 145 Å². The molecule has 19 nitrogen and oxygen atoms in total. The lowest BCUT2D eigenvalue weighted by molar-refractivity contribution is -0.117. The molecule has 9 rings (SSSR count). The second-order valence-electron chi connectivity index (χ2n) is 24.4. The van der Waals surface area contributed by atoms with Crippen molar-refractivity contribution in [2.45, 2.75) is 110 Å². The van der Waals surface area contributed by atoms with Gasteiger partial charge in [0.05, 0.1) is 77.9 Å². The number of nitrogens with one attached hydrogen (secondary N) is 8. The van der Waals surface area contributed by atoms with Gasteiger partial charge in [-0.3, -0.25) is 19.8 Å². The lowest BCUT2D eigenvalue weighted by atomic mass is 9.88. The highest BCUT2D eigenvalue weighted by Gasteiger charge is 2.41. The van der Waals surface area contributed by atoms with Crippen molar-refractivity contribution >= 4 is 57.5 Å². The van der Waals surface area contributed by atoms with Crippen LogP contribution >= 0.6 is 11.6 Å². The van der Waals surface area contributed by atoms with Crippen molar-refractivity contribution in [3.63, 3.8) is 0 Å². The van der Waals surface area contributed by atoms with Gasteiger partial charge in [-0.25, -0.2) is 0 Å². The fraction of sp³-hybridized carbons (Fsp3) is 0.569. The number of fused-ring (bicyclic) bond motifs is 3. The van der Waals surface area contributed by atoms with Crippen LogP contribution in [-0.2, 0) is 9.59 Å². The molecule has 4 aromatic rings. The van der Waals surface area contributed by atoms with Crippen LogP contribution in [0.1, 0.15) is 101 Å². The molecular weight excluding hydrogens is 1090 g/mol. The Morgan fingerprint density at radius 2 is 1.32 bits per heavy atom. The van der Waals surface area contributed by atoms with Crippen molar-refractivity contribution in [2.24, 2.45) is 29.6 Å². The molecule has 3 saturated heterocycles. The molecule has 4 aromatic carbocycles. The lowest BCUT2D eigenvalue weighted by Crippen LogP contribution is -2.50. The molecule has 5 heterocycles. The summed E-state index contributed by atoms with van der Waals surface area (Å²) in [5, 5.41) is 48.8. The minimum atomic E-state index is -0.406. The van der Waals surface area contributed by atoms with Gasteiger partial charge in [-0.15, -0.1) is 0 Å². The molecule has 85 heavy (non-hydrogen) atoms. The first-order valence-electron chi connectivity index (χ1n) is 30.8. The monoisotopic (exact) mass is 1180 g/mol. The first-order chi connectivity index (χ1) is 41.1. The van der Waals surface area contributed by atoms with Gasteiger partial charge in [0.2, 0.25) is 11.8 Å². The number of anilines is 6. The number of hydrogen-bond acceptors (Lipinski definition) is 17. The predicted octanol–water partition coefficient (Wildman–Crippen LogP) is 9.92. The van der Waals surface area contributed by atoms with Crippen LogP contribution in [0.2, 0.25) is 5.02 Å². The van der Waals surface area contributed by atoms with E-state index in [-0.39, 0.29) is 42.0 Å². The number of amides is 2. The number of halogens is 1. The second kappa shape index (κ2) is 29.6. The molecule has 0 spiro atoms. The Kier molecular flexibility index (Phi) is 21.9. The zero-order valence-corrected chi connectivity index (χ0v) is 51.8. The van der Waals surface area contributed by atoms with Gasteiger partial charge in [-0.05, 0) is 166 Å². The third-order valence-corrected chi connectivity index (χ3v) is 17.6. The molecule has 0 aromatic heterocycles. The summed E-state index contributed by atoms with van der Waals surface area (Å²) in [7, 11) is 6.13. The van der Waals surface area contributed by atoms with Crippen LogP contribution in [0.3, 0.4) is 0 Å². The maximum atomic E-state index is 13.7. The molecule has 10 atom stereocenters. The van der Waals surface area contributed by atoms with E-state index >= 15 is 0 Å². The van der Waals surface area contributed by atoms with Crippen LogP contribution in [0.5, 0.6) is 23.0 Å². The first kappa shape index (κ1) is 62.8. The molecule has 0 saturated carbocycles. The van der Waals surface area contributed by atoms with Crippen molar-refractivity contribution in [2.75, 3.05) is 132 Å². The molecule has 3 fully saturated rings.